The summed E-state index contributed by atoms with van der Waals surface area (Å²) in [7, 11) is 0. The number of hydrogen-bond acceptors (Lipinski definition) is 3. The van der Waals surface area contributed by atoms with Crippen LogP contribution in [0.25, 0.3) is 0 Å². The van der Waals surface area contributed by atoms with Crippen LogP contribution in [0.4, 0.5) is 0 Å². The summed E-state index contributed by atoms with van der Waals surface area (Å²) >= 11 is 5.76. The van der Waals surface area contributed by atoms with Gasteiger partial charge in [0.1, 0.15) is 5.75 Å². The van der Waals surface area contributed by atoms with Gasteiger partial charge in [-0.15, -0.1) is 0 Å². The number of phenolic OH excluding ortho intramolecular Hbond substituents is 1. The van der Waals surface area contributed by atoms with Gasteiger partial charge in [-0.1, -0.05) is 35.9 Å². The maximum atomic E-state index is 12.0. The van der Waals surface area contributed by atoms with Crippen molar-refractivity contribution in [1.29, 1.82) is 0 Å². The van der Waals surface area contributed by atoms with E-state index in [-0.39, 0.29) is 23.3 Å². The summed E-state index contributed by atoms with van der Waals surface area (Å²) in [6.07, 6.45) is 0. The number of rotatable bonds is 4. The minimum Gasteiger partial charge on any atom is -0.506 e. The Morgan fingerprint density at radius 3 is 2.50 bits per heavy atom. The van der Waals surface area contributed by atoms with Gasteiger partial charge in [-0.05, 0) is 29.3 Å². The molecule has 20 heavy (non-hydrogen) atoms. The van der Waals surface area contributed by atoms with E-state index in [1.165, 1.54) is 18.2 Å². The van der Waals surface area contributed by atoms with Gasteiger partial charge >= 0.3 is 0 Å². The molecule has 1 amide bonds. The third-order valence-electron chi connectivity index (χ3n) is 2.94. The van der Waals surface area contributed by atoms with Crippen LogP contribution in [-0.4, -0.2) is 16.1 Å². The smallest absolute Gasteiger partial charge is 0.251 e. The van der Waals surface area contributed by atoms with Crippen molar-refractivity contribution in [2.24, 2.45) is 0 Å². The Bertz CT molecular complexity index is 628. The fourth-order valence-electron chi connectivity index (χ4n) is 1.81. The molecule has 2 rings (SSSR count). The van der Waals surface area contributed by atoms with Crippen molar-refractivity contribution >= 4 is 17.5 Å². The number of hydrogen-bond donors (Lipinski definition) is 3. The number of carbonyl (C=O) groups excluding carboxylic acids is 1. The highest BCUT2D eigenvalue weighted by Crippen LogP contribution is 2.23. The summed E-state index contributed by atoms with van der Waals surface area (Å²) in [5, 5.41) is 21.4. The number of benzene rings is 2. The van der Waals surface area contributed by atoms with Crippen LogP contribution in [-0.2, 0) is 13.2 Å². The lowest BCUT2D eigenvalue weighted by Crippen LogP contribution is -2.23. The van der Waals surface area contributed by atoms with Crippen molar-refractivity contribution in [3.05, 3.63) is 64.2 Å². The topological polar surface area (TPSA) is 69.6 Å². The van der Waals surface area contributed by atoms with Crippen molar-refractivity contribution in [3.63, 3.8) is 0 Å². The fraction of sp³-hybridized carbons (Fsp3) is 0.133. The van der Waals surface area contributed by atoms with Crippen molar-refractivity contribution in [2.45, 2.75) is 13.2 Å². The zero-order chi connectivity index (χ0) is 14.5. The van der Waals surface area contributed by atoms with Crippen molar-refractivity contribution in [1.82, 2.24) is 5.32 Å². The molecule has 0 aliphatic heterocycles. The van der Waals surface area contributed by atoms with Gasteiger partial charge in [-0.3, -0.25) is 4.79 Å². The van der Waals surface area contributed by atoms with E-state index in [0.29, 0.717) is 12.1 Å². The second-order valence-corrected chi connectivity index (χ2v) is 4.68. The summed E-state index contributed by atoms with van der Waals surface area (Å²) in [6, 6.07) is 11.6. The molecule has 0 fully saturated rings. The van der Waals surface area contributed by atoms with Gasteiger partial charge in [0.25, 0.3) is 5.91 Å². The number of phenols is 1. The monoisotopic (exact) mass is 291 g/mol. The fourth-order valence-corrected chi connectivity index (χ4v) is 1.99. The largest absolute Gasteiger partial charge is 0.506 e. The maximum Gasteiger partial charge on any atom is 0.251 e. The Labute approximate surface area is 121 Å². The third kappa shape index (κ3) is 3.29. The molecule has 0 radical (unpaired) electrons. The van der Waals surface area contributed by atoms with Crippen LogP contribution in [0, 0.1) is 0 Å². The zero-order valence-electron chi connectivity index (χ0n) is 10.6. The Morgan fingerprint density at radius 1 is 1.15 bits per heavy atom. The Hall–Kier alpha value is -2.04. The van der Waals surface area contributed by atoms with Gasteiger partial charge < -0.3 is 15.5 Å². The summed E-state index contributed by atoms with van der Waals surface area (Å²) < 4.78 is 0. The Kier molecular flexibility index (Phi) is 4.61. The van der Waals surface area contributed by atoms with Crippen LogP contribution >= 0.6 is 11.6 Å². The van der Waals surface area contributed by atoms with E-state index < -0.39 is 0 Å². The SMILES string of the molecule is O=C(NCc1ccccc1CO)c1ccc(O)c(Cl)c1. The number of aliphatic hydroxyl groups is 1. The lowest BCUT2D eigenvalue weighted by molar-refractivity contribution is 0.0950. The first-order valence-corrected chi connectivity index (χ1v) is 6.44. The van der Waals surface area contributed by atoms with Crippen molar-refractivity contribution in [2.75, 3.05) is 0 Å². The van der Waals surface area contributed by atoms with Gasteiger partial charge in [0, 0.05) is 12.1 Å². The first-order valence-electron chi connectivity index (χ1n) is 6.06. The molecule has 104 valence electrons. The molecule has 0 aliphatic rings. The molecule has 0 spiro atoms. The molecule has 2 aromatic carbocycles. The molecule has 2 aromatic rings. The standard InChI is InChI=1S/C15H14ClNO3/c16-13-7-10(5-6-14(13)19)15(20)17-8-11-3-1-2-4-12(11)9-18/h1-7,18-19H,8-9H2,(H,17,20). The number of carbonyl (C=O) groups is 1. The van der Waals surface area contributed by atoms with E-state index in [0.717, 1.165) is 11.1 Å². The molecule has 0 heterocycles. The van der Waals surface area contributed by atoms with Crippen molar-refractivity contribution in [3.8, 4) is 5.75 Å². The van der Waals surface area contributed by atoms with E-state index in [4.69, 9.17) is 11.6 Å². The predicted octanol–water partition coefficient (Wildman–Crippen LogP) is 2.47. The van der Waals surface area contributed by atoms with Crippen LogP contribution in [0.1, 0.15) is 21.5 Å². The summed E-state index contributed by atoms with van der Waals surface area (Å²) in [6.45, 7) is 0.241. The van der Waals surface area contributed by atoms with Gasteiger partial charge in [-0.25, -0.2) is 0 Å². The molecule has 0 aromatic heterocycles. The molecule has 0 saturated heterocycles. The summed E-state index contributed by atoms with van der Waals surface area (Å²) in [4.78, 5) is 12.0. The highest BCUT2D eigenvalue weighted by molar-refractivity contribution is 6.32. The molecule has 4 nitrogen and oxygen atoms in total. The quantitative estimate of drug-likeness (QED) is 0.810. The van der Waals surface area contributed by atoms with Crippen LogP contribution in [0.2, 0.25) is 5.02 Å². The molecule has 0 unspecified atom stereocenters. The number of aromatic hydroxyl groups is 1. The first kappa shape index (κ1) is 14.4. The normalized spacial score (nSPS) is 10.3. The highest BCUT2D eigenvalue weighted by Gasteiger charge is 2.09. The molecule has 0 atom stereocenters. The minimum atomic E-state index is -0.292. The molecule has 0 saturated carbocycles. The van der Waals surface area contributed by atoms with Gasteiger partial charge in [0.2, 0.25) is 0 Å². The molecular formula is C15H14ClNO3. The van der Waals surface area contributed by atoms with Crippen molar-refractivity contribution < 1.29 is 15.0 Å². The van der Waals surface area contributed by atoms with Gasteiger partial charge in [0.05, 0.1) is 11.6 Å². The molecule has 5 heteroatoms. The number of amides is 1. The number of nitrogens with one attached hydrogen (secondary N) is 1. The van der Waals surface area contributed by atoms with Gasteiger partial charge in [0.15, 0.2) is 0 Å². The van der Waals surface area contributed by atoms with Gasteiger partial charge in [-0.2, -0.15) is 0 Å². The highest BCUT2D eigenvalue weighted by atomic mass is 35.5. The maximum absolute atomic E-state index is 12.0. The van der Waals surface area contributed by atoms with Crippen LogP contribution in [0.5, 0.6) is 5.75 Å². The molecule has 0 aliphatic carbocycles. The predicted molar refractivity (Wildman–Crippen MR) is 76.7 cm³/mol. The van der Waals surface area contributed by atoms with Crippen LogP contribution in [0.15, 0.2) is 42.5 Å². The zero-order valence-corrected chi connectivity index (χ0v) is 11.4. The average Bonchev–Trinajstić information content (AvgIpc) is 2.47. The lowest BCUT2D eigenvalue weighted by Gasteiger charge is -2.09. The van der Waals surface area contributed by atoms with E-state index in [1.807, 2.05) is 18.2 Å². The third-order valence-corrected chi connectivity index (χ3v) is 3.24. The Morgan fingerprint density at radius 2 is 1.85 bits per heavy atom. The first-order chi connectivity index (χ1) is 9.61. The molecular weight excluding hydrogens is 278 g/mol. The molecule has 3 N–H and O–H groups in total. The van der Waals surface area contributed by atoms with Crippen LogP contribution < -0.4 is 5.32 Å². The second kappa shape index (κ2) is 6.41. The molecule has 0 bridgehead atoms. The van der Waals surface area contributed by atoms with Crippen LogP contribution in [0.3, 0.4) is 0 Å². The number of halogens is 1. The summed E-state index contributed by atoms with van der Waals surface area (Å²) in [5.41, 5.74) is 2.00. The average molecular weight is 292 g/mol. The Balaban J connectivity index is 2.06. The second-order valence-electron chi connectivity index (χ2n) is 4.28. The van der Waals surface area contributed by atoms with E-state index in [1.54, 1.807) is 6.07 Å². The van der Waals surface area contributed by atoms with E-state index in [2.05, 4.69) is 5.32 Å². The lowest BCUT2D eigenvalue weighted by atomic mass is 10.1. The summed E-state index contributed by atoms with van der Waals surface area (Å²) in [5.74, 6) is -0.353. The van der Waals surface area contributed by atoms with E-state index in [9.17, 15) is 15.0 Å². The number of aliphatic hydroxyl groups excluding tert-OH is 1. The minimum absolute atomic E-state index is 0.0613. The van der Waals surface area contributed by atoms with E-state index >= 15 is 0 Å².